The van der Waals surface area contributed by atoms with Crippen LogP contribution in [0.2, 0.25) is 0 Å². The molecular weight excluding hydrogens is 326 g/mol. The molecule has 6 heteroatoms. The second-order valence-electron chi connectivity index (χ2n) is 8.07. The van der Waals surface area contributed by atoms with Crippen molar-refractivity contribution >= 4 is 5.91 Å². The van der Waals surface area contributed by atoms with E-state index in [0.29, 0.717) is 5.92 Å². The van der Waals surface area contributed by atoms with Crippen molar-refractivity contribution in [3.63, 3.8) is 0 Å². The van der Waals surface area contributed by atoms with Gasteiger partial charge in [0.05, 0.1) is 11.4 Å². The molecule has 6 nitrogen and oxygen atoms in total. The zero-order valence-corrected chi connectivity index (χ0v) is 16.5. The highest BCUT2D eigenvalue weighted by atomic mass is 16.2. The van der Waals surface area contributed by atoms with Crippen LogP contribution in [0.3, 0.4) is 0 Å². The number of piperidine rings is 1. The van der Waals surface area contributed by atoms with E-state index in [2.05, 4.69) is 23.1 Å². The number of amides is 1. The third-order valence-electron chi connectivity index (χ3n) is 4.98. The summed E-state index contributed by atoms with van der Waals surface area (Å²) in [4.78, 5) is 23.8. The molecule has 26 heavy (non-hydrogen) atoms. The highest BCUT2D eigenvalue weighted by Crippen LogP contribution is 2.31. The van der Waals surface area contributed by atoms with Gasteiger partial charge < -0.3 is 4.90 Å². The van der Waals surface area contributed by atoms with Gasteiger partial charge in [-0.15, -0.1) is 0 Å². The topological polar surface area (TPSA) is 63.9 Å². The van der Waals surface area contributed by atoms with E-state index in [0.717, 1.165) is 55.4 Å². The lowest BCUT2D eigenvalue weighted by molar-refractivity contribution is -0.140. The van der Waals surface area contributed by atoms with Gasteiger partial charge in [-0.3, -0.25) is 9.48 Å². The van der Waals surface area contributed by atoms with Gasteiger partial charge in [-0.2, -0.15) is 5.10 Å². The third kappa shape index (κ3) is 3.79. The predicted octanol–water partition coefficient (Wildman–Crippen LogP) is 3.42. The first kappa shape index (κ1) is 18.5. The van der Waals surface area contributed by atoms with Gasteiger partial charge in [0.1, 0.15) is 5.82 Å². The van der Waals surface area contributed by atoms with Crippen LogP contribution in [-0.2, 0) is 11.3 Å². The molecule has 0 unspecified atom stereocenters. The number of aromatic nitrogens is 4. The summed E-state index contributed by atoms with van der Waals surface area (Å²) in [6.07, 6.45) is 3.71. The molecule has 2 aromatic heterocycles. The summed E-state index contributed by atoms with van der Waals surface area (Å²) in [6.45, 7) is 12.4. The number of likely N-dealkylation sites (tertiary alicyclic amines) is 1. The Bertz CT molecular complexity index is 782. The maximum atomic E-state index is 12.5. The number of rotatable bonds is 3. The van der Waals surface area contributed by atoms with Crippen molar-refractivity contribution in [2.24, 2.45) is 5.41 Å². The Kier molecular flexibility index (Phi) is 5.12. The molecule has 1 fully saturated rings. The molecular formula is C20H29N5O. The molecule has 0 atom stereocenters. The van der Waals surface area contributed by atoms with E-state index in [9.17, 15) is 4.79 Å². The first-order chi connectivity index (χ1) is 12.3. The Labute approximate surface area is 155 Å². The highest BCUT2D eigenvalue weighted by Gasteiger charge is 2.31. The van der Waals surface area contributed by atoms with Gasteiger partial charge in [0.2, 0.25) is 5.91 Å². The molecule has 140 valence electrons. The lowest BCUT2D eigenvalue weighted by Gasteiger charge is -2.35. The maximum absolute atomic E-state index is 12.5. The monoisotopic (exact) mass is 355 g/mol. The SMILES string of the molecule is CCn1nccc1-c1cc(C2CCN(C(=O)C(C)(C)C)CC2)nc(C)n1. The normalized spacial score (nSPS) is 16.1. The van der Waals surface area contributed by atoms with Gasteiger partial charge in [0, 0.05) is 42.9 Å². The van der Waals surface area contributed by atoms with Gasteiger partial charge >= 0.3 is 0 Å². The van der Waals surface area contributed by atoms with Crippen molar-refractivity contribution in [3.8, 4) is 11.4 Å². The summed E-state index contributed by atoms with van der Waals surface area (Å²) in [6, 6.07) is 4.10. The summed E-state index contributed by atoms with van der Waals surface area (Å²) in [5.74, 6) is 1.40. The standard InChI is InChI=1S/C20H29N5O/c1-6-25-18(7-10-21-25)17-13-16(22-14(2)23-17)15-8-11-24(12-9-15)19(26)20(3,4)5/h7,10,13,15H,6,8-9,11-12H2,1-5H3. The second-order valence-corrected chi connectivity index (χ2v) is 8.07. The molecule has 0 saturated carbocycles. The Balaban J connectivity index is 1.78. The van der Waals surface area contributed by atoms with Crippen molar-refractivity contribution in [2.75, 3.05) is 13.1 Å². The first-order valence-electron chi connectivity index (χ1n) is 9.46. The highest BCUT2D eigenvalue weighted by molar-refractivity contribution is 5.81. The lowest BCUT2D eigenvalue weighted by Crippen LogP contribution is -2.43. The van der Waals surface area contributed by atoms with E-state index >= 15 is 0 Å². The Hall–Kier alpha value is -2.24. The average Bonchev–Trinajstić information content (AvgIpc) is 3.08. The van der Waals surface area contributed by atoms with Crippen molar-refractivity contribution in [1.82, 2.24) is 24.6 Å². The van der Waals surface area contributed by atoms with E-state index < -0.39 is 0 Å². The van der Waals surface area contributed by atoms with Gasteiger partial charge in [-0.05, 0) is 38.8 Å². The van der Waals surface area contributed by atoms with Gasteiger partial charge in [-0.25, -0.2) is 9.97 Å². The van der Waals surface area contributed by atoms with Crippen LogP contribution in [0.5, 0.6) is 0 Å². The summed E-state index contributed by atoms with van der Waals surface area (Å²) in [5, 5.41) is 4.35. The van der Waals surface area contributed by atoms with Crippen molar-refractivity contribution in [2.45, 2.75) is 59.9 Å². The van der Waals surface area contributed by atoms with Crippen LogP contribution in [0, 0.1) is 12.3 Å². The summed E-state index contributed by atoms with van der Waals surface area (Å²) >= 11 is 0. The second kappa shape index (κ2) is 7.17. The number of carbonyl (C=O) groups excluding carboxylic acids is 1. The minimum Gasteiger partial charge on any atom is -0.342 e. The fourth-order valence-electron chi connectivity index (χ4n) is 3.59. The van der Waals surface area contributed by atoms with Gasteiger partial charge in [0.25, 0.3) is 0 Å². The lowest BCUT2D eigenvalue weighted by atomic mass is 9.89. The van der Waals surface area contributed by atoms with Crippen LogP contribution in [0.15, 0.2) is 18.3 Å². The molecule has 1 amide bonds. The van der Waals surface area contributed by atoms with Gasteiger partial charge in [-0.1, -0.05) is 20.8 Å². The van der Waals surface area contributed by atoms with Crippen molar-refractivity contribution in [3.05, 3.63) is 29.8 Å². The smallest absolute Gasteiger partial charge is 0.227 e. The molecule has 0 N–H and O–H groups in total. The van der Waals surface area contributed by atoms with Crippen LogP contribution in [0.4, 0.5) is 0 Å². The molecule has 1 saturated heterocycles. The molecule has 2 aromatic rings. The van der Waals surface area contributed by atoms with Crippen LogP contribution in [0.1, 0.15) is 58.0 Å². The Morgan fingerprint density at radius 3 is 2.54 bits per heavy atom. The average molecular weight is 355 g/mol. The summed E-state index contributed by atoms with van der Waals surface area (Å²) < 4.78 is 1.95. The maximum Gasteiger partial charge on any atom is 0.227 e. The minimum atomic E-state index is -0.315. The molecule has 0 radical (unpaired) electrons. The zero-order chi connectivity index (χ0) is 18.9. The number of aryl methyl sites for hydroxylation is 2. The van der Waals surface area contributed by atoms with Gasteiger partial charge in [0.15, 0.2) is 0 Å². The molecule has 0 spiro atoms. The Morgan fingerprint density at radius 1 is 1.23 bits per heavy atom. The first-order valence-corrected chi connectivity index (χ1v) is 9.46. The largest absolute Gasteiger partial charge is 0.342 e. The quantitative estimate of drug-likeness (QED) is 0.846. The van der Waals surface area contributed by atoms with E-state index in [1.807, 2.05) is 49.5 Å². The molecule has 0 aliphatic carbocycles. The number of nitrogens with zero attached hydrogens (tertiary/aromatic N) is 5. The number of carbonyl (C=O) groups is 1. The van der Waals surface area contributed by atoms with E-state index in [-0.39, 0.29) is 11.3 Å². The molecule has 1 aliphatic heterocycles. The summed E-state index contributed by atoms with van der Waals surface area (Å²) in [5.41, 5.74) is 2.73. The number of hydrogen-bond acceptors (Lipinski definition) is 4. The minimum absolute atomic E-state index is 0.238. The molecule has 3 heterocycles. The Morgan fingerprint density at radius 2 is 1.92 bits per heavy atom. The fraction of sp³-hybridized carbons (Fsp3) is 0.600. The molecule has 3 rings (SSSR count). The van der Waals surface area contributed by atoms with E-state index in [1.54, 1.807) is 0 Å². The molecule has 0 bridgehead atoms. The number of hydrogen-bond donors (Lipinski definition) is 0. The van der Waals surface area contributed by atoms with Crippen molar-refractivity contribution < 1.29 is 4.79 Å². The fourth-order valence-corrected chi connectivity index (χ4v) is 3.59. The predicted molar refractivity (Wildman–Crippen MR) is 102 cm³/mol. The van der Waals surface area contributed by atoms with Crippen molar-refractivity contribution in [1.29, 1.82) is 0 Å². The van der Waals surface area contributed by atoms with Crippen LogP contribution in [0.25, 0.3) is 11.4 Å². The molecule has 1 aliphatic rings. The van der Waals surface area contributed by atoms with E-state index in [1.165, 1.54) is 0 Å². The van der Waals surface area contributed by atoms with Crippen LogP contribution in [-0.4, -0.2) is 43.6 Å². The molecule has 0 aromatic carbocycles. The van der Waals surface area contributed by atoms with E-state index in [4.69, 9.17) is 4.98 Å². The zero-order valence-electron chi connectivity index (χ0n) is 16.5. The summed E-state index contributed by atoms with van der Waals surface area (Å²) in [7, 11) is 0. The van der Waals surface area contributed by atoms with Crippen LogP contribution >= 0.6 is 0 Å². The third-order valence-corrected chi connectivity index (χ3v) is 4.98. The van der Waals surface area contributed by atoms with Crippen LogP contribution < -0.4 is 0 Å².